The maximum absolute atomic E-state index is 11.9. The molecule has 0 bridgehead atoms. The number of carbonyl (C=O) groups is 2. The molecule has 1 aromatic carbocycles. The lowest BCUT2D eigenvalue weighted by Crippen LogP contribution is -2.44. The molecular formula is C17H20N2O4. The van der Waals surface area contributed by atoms with Crippen molar-refractivity contribution >= 4 is 11.8 Å². The van der Waals surface area contributed by atoms with Gasteiger partial charge in [-0.15, -0.1) is 0 Å². The Balaban J connectivity index is 1.86. The van der Waals surface area contributed by atoms with E-state index in [1.165, 1.54) is 0 Å². The van der Waals surface area contributed by atoms with Gasteiger partial charge < -0.3 is 9.15 Å². The molecule has 0 atom stereocenters. The standard InChI is InChI=1S/C17H20N2O4/c1-10-6-5-7-11(2)16(10)22-9-15(20)18-19-17(21)14-8-12(3)23-13(14)4/h5-8H,9H2,1-4H3,(H,18,20)(H,19,21). The van der Waals surface area contributed by atoms with Crippen LogP contribution >= 0.6 is 0 Å². The molecule has 0 fully saturated rings. The zero-order chi connectivity index (χ0) is 17.0. The number of nitrogens with one attached hydrogen (secondary N) is 2. The summed E-state index contributed by atoms with van der Waals surface area (Å²) in [5.74, 6) is 0.937. The number of hydrogen-bond donors (Lipinski definition) is 2. The van der Waals surface area contributed by atoms with E-state index in [0.29, 0.717) is 22.8 Å². The third-order valence-corrected chi connectivity index (χ3v) is 3.36. The summed E-state index contributed by atoms with van der Waals surface area (Å²) >= 11 is 0. The second kappa shape index (κ2) is 7.00. The number of hydrazine groups is 1. The number of ether oxygens (including phenoxy) is 1. The molecule has 0 aliphatic rings. The summed E-state index contributed by atoms with van der Waals surface area (Å²) in [6, 6.07) is 7.36. The lowest BCUT2D eigenvalue weighted by molar-refractivity contribution is -0.123. The number of amides is 2. The summed E-state index contributed by atoms with van der Waals surface area (Å²) in [4.78, 5) is 23.7. The van der Waals surface area contributed by atoms with Crippen LogP contribution < -0.4 is 15.6 Å². The van der Waals surface area contributed by atoms with Crippen LogP contribution in [0, 0.1) is 27.7 Å². The number of rotatable bonds is 4. The first-order chi connectivity index (χ1) is 10.9. The van der Waals surface area contributed by atoms with Crippen LogP contribution in [0.5, 0.6) is 5.75 Å². The van der Waals surface area contributed by atoms with E-state index < -0.39 is 11.8 Å². The number of carbonyl (C=O) groups excluding carboxylic acids is 2. The molecule has 0 spiro atoms. The molecule has 0 aliphatic carbocycles. The Morgan fingerprint density at radius 2 is 1.74 bits per heavy atom. The summed E-state index contributed by atoms with van der Waals surface area (Å²) in [6.07, 6.45) is 0. The van der Waals surface area contributed by atoms with Gasteiger partial charge in [-0.1, -0.05) is 18.2 Å². The first-order valence-corrected chi connectivity index (χ1v) is 7.23. The Morgan fingerprint density at radius 3 is 2.30 bits per heavy atom. The minimum absolute atomic E-state index is 0.185. The van der Waals surface area contributed by atoms with Gasteiger partial charge in [0.15, 0.2) is 6.61 Å². The van der Waals surface area contributed by atoms with Crippen molar-refractivity contribution in [3.63, 3.8) is 0 Å². The molecular weight excluding hydrogens is 296 g/mol. The van der Waals surface area contributed by atoms with Gasteiger partial charge in [0.05, 0.1) is 5.56 Å². The Bertz CT molecular complexity index is 714. The van der Waals surface area contributed by atoms with E-state index in [2.05, 4.69) is 10.9 Å². The van der Waals surface area contributed by atoms with Crippen molar-refractivity contribution in [1.82, 2.24) is 10.9 Å². The summed E-state index contributed by atoms with van der Waals surface area (Å²) in [7, 11) is 0. The molecule has 122 valence electrons. The van der Waals surface area contributed by atoms with E-state index in [0.717, 1.165) is 11.1 Å². The quantitative estimate of drug-likeness (QED) is 0.849. The Labute approximate surface area is 134 Å². The fourth-order valence-corrected chi connectivity index (χ4v) is 2.25. The van der Waals surface area contributed by atoms with Gasteiger partial charge in [0.1, 0.15) is 17.3 Å². The Morgan fingerprint density at radius 1 is 1.09 bits per heavy atom. The van der Waals surface area contributed by atoms with E-state index in [4.69, 9.17) is 9.15 Å². The van der Waals surface area contributed by atoms with Gasteiger partial charge in [-0.25, -0.2) is 0 Å². The Hall–Kier alpha value is -2.76. The molecule has 1 heterocycles. The first-order valence-electron chi connectivity index (χ1n) is 7.23. The highest BCUT2D eigenvalue weighted by atomic mass is 16.5. The lowest BCUT2D eigenvalue weighted by Gasteiger charge is -2.12. The highest BCUT2D eigenvalue weighted by Crippen LogP contribution is 2.21. The first kappa shape index (κ1) is 16.6. The third-order valence-electron chi connectivity index (χ3n) is 3.36. The van der Waals surface area contributed by atoms with Crippen LogP contribution in [0.25, 0.3) is 0 Å². The summed E-state index contributed by atoms with van der Waals surface area (Å²) in [5.41, 5.74) is 6.95. The topological polar surface area (TPSA) is 80.6 Å². The van der Waals surface area contributed by atoms with Crippen molar-refractivity contribution < 1.29 is 18.7 Å². The second-order valence-electron chi connectivity index (χ2n) is 5.34. The van der Waals surface area contributed by atoms with Crippen LogP contribution in [0.1, 0.15) is 33.0 Å². The monoisotopic (exact) mass is 316 g/mol. The molecule has 0 unspecified atom stereocenters. The summed E-state index contributed by atoms with van der Waals surface area (Å²) < 4.78 is 10.8. The van der Waals surface area contributed by atoms with Crippen LogP contribution in [-0.2, 0) is 4.79 Å². The number of aryl methyl sites for hydroxylation is 4. The molecule has 2 rings (SSSR count). The summed E-state index contributed by atoms with van der Waals surface area (Å²) in [6.45, 7) is 7.07. The number of hydrogen-bond acceptors (Lipinski definition) is 4. The predicted octanol–water partition coefficient (Wildman–Crippen LogP) is 2.35. The van der Waals surface area contributed by atoms with Crippen molar-refractivity contribution in [1.29, 1.82) is 0 Å². The van der Waals surface area contributed by atoms with Crippen molar-refractivity contribution in [2.75, 3.05) is 6.61 Å². The zero-order valence-electron chi connectivity index (χ0n) is 13.6. The molecule has 1 aromatic heterocycles. The van der Waals surface area contributed by atoms with Crippen LogP contribution in [0.2, 0.25) is 0 Å². The molecule has 6 heteroatoms. The van der Waals surface area contributed by atoms with Crippen molar-refractivity contribution in [2.24, 2.45) is 0 Å². The van der Waals surface area contributed by atoms with Gasteiger partial charge in [-0.05, 0) is 44.9 Å². The maximum Gasteiger partial charge on any atom is 0.276 e. The fraction of sp³-hybridized carbons (Fsp3) is 0.294. The lowest BCUT2D eigenvalue weighted by atomic mass is 10.1. The third kappa shape index (κ3) is 4.12. The largest absolute Gasteiger partial charge is 0.483 e. The highest BCUT2D eigenvalue weighted by Gasteiger charge is 2.14. The number of furan rings is 1. The molecule has 0 aliphatic heterocycles. The van der Waals surface area contributed by atoms with Crippen molar-refractivity contribution in [3.8, 4) is 5.75 Å². The van der Waals surface area contributed by atoms with E-state index in [-0.39, 0.29) is 6.61 Å². The van der Waals surface area contributed by atoms with E-state index in [1.54, 1.807) is 19.9 Å². The molecule has 2 aromatic rings. The van der Waals surface area contributed by atoms with Crippen molar-refractivity contribution in [2.45, 2.75) is 27.7 Å². The van der Waals surface area contributed by atoms with Crippen LogP contribution in [0.15, 0.2) is 28.7 Å². The second-order valence-corrected chi connectivity index (χ2v) is 5.34. The molecule has 6 nitrogen and oxygen atoms in total. The minimum atomic E-state index is -0.445. The Kier molecular flexibility index (Phi) is 5.05. The average Bonchev–Trinajstić information content (AvgIpc) is 2.83. The van der Waals surface area contributed by atoms with Crippen LogP contribution in [-0.4, -0.2) is 18.4 Å². The zero-order valence-corrected chi connectivity index (χ0v) is 13.6. The van der Waals surface area contributed by atoms with Gasteiger partial charge in [0.2, 0.25) is 0 Å². The predicted molar refractivity (Wildman–Crippen MR) is 85.2 cm³/mol. The normalized spacial score (nSPS) is 10.3. The maximum atomic E-state index is 11.9. The fourth-order valence-electron chi connectivity index (χ4n) is 2.25. The smallest absolute Gasteiger partial charge is 0.276 e. The van der Waals surface area contributed by atoms with Gasteiger partial charge >= 0.3 is 0 Å². The van der Waals surface area contributed by atoms with E-state index >= 15 is 0 Å². The van der Waals surface area contributed by atoms with E-state index in [1.807, 2.05) is 32.0 Å². The van der Waals surface area contributed by atoms with E-state index in [9.17, 15) is 9.59 Å². The number of para-hydroxylation sites is 1. The average molecular weight is 316 g/mol. The molecule has 2 amide bonds. The minimum Gasteiger partial charge on any atom is -0.483 e. The molecule has 2 N–H and O–H groups in total. The SMILES string of the molecule is Cc1cc(C(=O)NNC(=O)COc2c(C)cccc2C)c(C)o1. The van der Waals surface area contributed by atoms with Crippen molar-refractivity contribution in [3.05, 3.63) is 52.5 Å². The highest BCUT2D eigenvalue weighted by molar-refractivity contribution is 5.96. The molecule has 0 radical (unpaired) electrons. The molecule has 0 saturated carbocycles. The molecule has 23 heavy (non-hydrogen) atoms. The van der Waals surface area contributed by atoms with Gasteiger partial charge in [0, 0.05) is 0 Å². The van der Waals surface area contributed by atoms with Gasteiger partial charge in [0.25, 0.3) is 11.8 Å². The van der Waals surface area contributed by atoms with Gasteiger partial charge in [-0.3, -0.25) is 20.4 Å². The van der Waals surface area contributed by atoms with Gasteiger partial charge in [-0.2, -0.15) is 0 Å². The summed E-state index contributed by atoms with van der Waals surface area (Å²) in [5, 5.41) is 0. The van der Waals surface area contributed by atoms with Crippen LogP contribution in [0.4, 0.5) is 0 Å². The number of benzene rings is 1. The molecule has 0 saturated heterocycles. The van der Waals surface area contributed by atoms with Crippen LogP contribution in [0.3, 0.4) is 0 Å².